The number of carbonyl (C=O) groups is 1. The maximum atomic E-state index is 12.6. The van der Waals surface area contributed by atoms with Gasteiger partial charge in [0.05, 0.1) is 13.5 Å². The van der Waals surface area contributed by atoms with E-state index in [-0.39, 0.29) is 5.91 Å². The van der Waals surface area contributed by atoms with Gasteiger partial charge in [-0.05, 0) is 43.9 Å². The van der Waals surface area contributed by atoms with Crippen LogP contribution in [0.3, 0.4) is 0 Å². The van der Waals surface area contributed by atoms with Crippen molar-refractivity contribution in [2.75, 3.05) is 20.2 Å². The van der Waals surface area contributed by atoms with Gasteiger partial charge in [0.15, 0.2) is 0 Å². The third kappa shape index (κ3) is 5.10. The molecule has 27 heavy (non-hydrogen) atoms. The number of nitrogens with zero attached hydrogens (tertiary/aromatic N) is 1. The van der Waals surface area contributed by atoms with Crippen molar-refractivity contribution in [2.24, 2.45) is 0 Å². The summed E-state index contributed by atoms with van der Waals surface area (Å²) in [6, 6.07) is 14.8. The third-order valence-corrected chi connectivity index (χ3v) is 5.46. The summed E-state index contributed by atoms with van der Waals surface area (Å²) in [6.45, 7) is 6.83. The molecule has 0 radical (unpaired) electrons. The minimum atomic E-state index is 0.187. The van der Waals surface area contributed by atoms with Gasteiger partial charge in [0.1, 0.15) is 5.75 Å². The highest BCUT2D eigenvalue weighted by atomic mass is 16.5. The van der Waals surface area contributed by atoms with Gasteiger partial charge >= 0.3 is 0 Å². The summed E-state index contributed by atoms with van der Waals surface area (Å²) in [7, 11) is 1.65. The number of nitrogens with one attached hydrogen (secondary N) is 1. The van der Waals surface area contributed by atoms with Crippen molar-refractivity contribution in [3.8, 4) is 5.75 Å². The van der Waals surface area contributed by atoms with Crippen molar-refractivity contribution in [3.63, 3.8) is 0 Å². The summed E-state index contributed by atoms with van der Waals surface area (Å²) >= 11 is 0. The van der Waals surface area contributed by atoms with E-state index >= 15 is 0 Å². The molecule has 1 fully saturated rings. The number of aryl methyl sites for hydroxylation is 2. The molecule has 1 aliphatic heterocycles. The summed E-state index contributed by atoms with van der Waals surface area (Å²) < 4.78 is 5.36. The number of benzene rings is 2. The smallest absolute Gasteiger partial charge is 0.227 e. The standard InChI is InChI=1S/C23H30N2O2/c1-17-8-9-20(18(2)14-17)16-24-21-10-12-25(13-11-21)23(26)15-19-6-4-5-7-22(19)27-3/h4-9,14,21,24H,10-13,15-16H2,1-3H3. The first kappa shape index (κ1) is 19.4. The Bertz CT molecular complexity index is 780. The Morgan fingerprint density at radius 1 is 1.11 bits per heavy atom. The molecule has 144 valence electrons. The average molecular weight is 367 g/mol. The fraction of sp³-hybridized carbons (Fsp3) is 0.435. The number of hydrogen-bond donors (Lipinski definition) is 1. The van der Waals surface area contributed by atoms with Crippen molar-refractivity contribution in [2.45, 2.75) is 45.7 Å². The van der Waals surface area contributed by atoms with Crippen LogP contribution in [0.15, 0.2) is 42.5 Å². The van der Waals surface area contributed by atoms with Crippen molar-refractivity contribution in [3.05, 3.63) is 64.7 Å². The van der Waals surface area contributed by atoms with Crippen LogP contribution in [0.1, 0.15) is 35.1 Å². The van der Waals surface area contributed by atoms with Crippen molar-refractivity contribution >= 4 is 5.91 Å². The third-order valence-electron chi connectivity index (χ3n) is 5.46. The van der Waals surface area contributed by atoms with Gasteiger partial charge in [0, 0.05) is 31.2 Å². The van der Waals surface area contributed by atoms with E-state index in [1.807, 2.05) is 29.2 Å². The molecule has 3 rings (SSSR count). The Labute approximate surface area is 162 Å². The van der Waals surface area contributed by atoms with Crippen LogP contribution in [-0.2, 0) is 17.8 Å². The molecule has 0 aliphatic carbocycles. The molecule has 0 atom stereocenters. The first-order chi connectivity index (χ1) is 13.1. The van der Waals surface area contributed by atoms with Crippen molar-refractivity contribution < 1.29 is 9.53 Å². The predicted molar refractivity (Wildman–Crippen MR) is 109 cm³/mol. The molecule has 1 heterocycles. The van der Waals surface area contributed by atoms with Gasteiger partial charge < -0.3 is 15.0 Å². The van der Waals surface area contributed by atoms with E-state index in [1.54, 1.807) is 7.11 Å². The summed E-state index contributed by atoms with van der Waals surface area (Å²) in [5, 5.41) is 3.67. The van der Waals surface area contributed by atoms with Crippen LogP contribution < -0.4 is 10.1 Å². The minimum Gasteiger partial charge on any atom is -0.496 e. The molecule has 0 unspecified atom stereocenters. The highest BCUT2D eigenvalue weighted by Crippen LogP contribution is 2.20. The van der Waals surface area contributed by atoms with Gasteiger partial charge in [-0.15, -0.1) is 0 Å². The van der Waals surface area contributed by atoms with Crippen LogP contribution in [0.2, 0.25) is 0 Å². The van der Waals surface area contributed by atoms with Crippen LogP contribution in [0.4, 0.5) is 0 Å². The van der Waals surface area contributed by atoms with E-state index < -0.39 is 0 Å². The Kier molecular flexibility index (Phi) is 6.51. The molecule has 0 bridgehead atoms. The topological polar surface area (TPSA) is 41.6 Å². The van der Waals surface area contributed by atoms with Gasteiger partial charge in [-0.1, -0.05) is 42.0 Å². The van der Waals surface area contributed by atoms with Crippen LogP contribution in [-0.4, -0.2) is 37.0 Å². The second-order valence-corrected chi connectivity index (χ2v) is 7.45. The maximum Gasteiger partial charge on any atom is 0.227 e. The molecule has 1 aliphatic rings. The second kappa shape index (κ2) is 9.05. The van der Waals surface area contributed by atoms with E-state index in [9.17, 15) is 4.79 Å². The molecule has 0 saturated carbocycles. The molecule has 2 aromatic rings. The lowest BCUT2D eigenvalue weighted by Crippen LogP contribution is -2.45. The quantitative estimate of drug-likeness (QED) is 0.849. The SMILES string of the molecule is COc1ccccc1CC(=O)N1CCC(NCc2ccc(C)cc2C)CC1. The lowest BCUT2D eigenvalue weighted by atomic mass is 10.0. The number of carbonyl (C=O) groups excluding carboxylic acids is 1. The summed E-state index contributed by atoms with van der Waals surface area (Å²) in [5.74, 6) is 0.975. The van der Waals surface area contributed by atoms with Crippen LogP contribution in [0, 0.1) is 13.8 Å². The molecule has 4 heteroatoms. The van der Waals surface area contributed by atoms with Crippen molar-refractivity contribution in [1.29, 1.82) is 0 Å². The van der Waals surface area contributed by atoms with Crippen molar-refractivity contribution in [1.82, 2.24) is 10.2 Å². The fourth-order valence-corrected chi connectivity index (χ4v) is 3.76. The largest absolute Gasteiger partial charge is 0.496 e. The first-order valence-corrected chi connectivity index (χ1v) is 9.76. The number of para-hydroxylation sites is 1. The van der Waals surface area contributed by atoms with Gasteiger partial charge in [-0.3, -0.25) is 4.79 Å². The Morgan fingerprint density at radius 3 is 2.56 bits per heavy atom. The van der Waals surface area contributed by atoms with E-state index in [4.69, 9.17) is 4.74 Å². The molecule has 0 spiro atoms. The van der Waals surface area contributed by atoms with Crippen LogP contribution in [0.25, 0.3) is 0 Å². The first-order valence-electron chi connectivity index (χ1n) is 9.76. The lowest BCUT2D eigenvalue weighted by Gasteiger charge is -2.33. The minimum absolute atomic E-state index is 0.187. The number of methoxy groups -OCH3 is 1. The fourth-order valence-electron chi connectivity index (χ4n) is 3.76. The van der Waals surface area contributed by atoms with Gasteiger partial charge in [0.2, 0.25) is 5.91 Å². The number of amides is 1. The molecular weight excluding hydrogens is 336 g/mol. The van der Waals surface area contributed by atoms with Gasteiger partial charge in [-0.25, -0.2) is 0 Å². The number of piperidine rings is 1. The van der Waals surface area contributed by atoms with E-state index in [2.05, 4.69) is 37.4 Å². The number of rotatable bonds is 6. The zero-order valence-corrected chi connectivity index (χ0v) is 16.6. The number of ether oxygens (including phenoxy) is 1. The summed E-state index contributed by atoms with van der Waals surface area (Å²) in [6.07, 6.45) is 2.41. The second-order valence-electron chi connectivity index (χ2n) is 7.45. The normalized spacial score (nSPS) is 15.0. The zero-order valence-electron chi connectivity index (χ0n) is 16.6. The molecule has 4 nitrogen and oxygen atoms in total. The Balaban J connectivity index is 1.47. The van der Waals surface area contributed by atoms with Gasteiger partial charge in [0.25, 0.3) is 0 Å². The Hall–Kier alpha value is -2.33. The predicted octanol–water partition coefficient (Wildman–Crippen LogP) is 3.64. The van der Waals surface area contributed by atoms with E-state index in [0.717, 1.165) is 43.8 Å². The molecular formula is C23H30N2O2. The highest BCUT2D eigenvalue weighted by molar-refractivity contribution is 5.79. The number of likely N-dealkylation sites (tertiary alicyclic amines) is 1. The Morgan fingerprint density at radius 2 is 1.85 bits per heavy atom. The maximum absolute atomic E-state index is 12.6. The number of hydrogen-bond acceptors (Lipinski definition) is 3. The molecule has 2 aromatic carbocycles. The molecule has 1 N–H and O–H groups in total. The molecule has 0 aromatic heterocycles. The average Bonchev–Trinajstić information content (AvgIpc) is 2.68. The summed E-state index contributed by atoms with van der Waals surface area (Å²) in [5.41, 5.74) is 4.96. The monoisotopic (exact) mass is 366 g/mol. The van der Waals surface area contributed by atoms with E-state index in [0.29, 0.717) is 12.5 Å². The van der Waals surface area contributed by atoms with Crippen LogP contribution in [0.5, 0.6) is 5.75 Å². The lowest BCUT2D eigenvalue weighted by molar-refractivity contribution is -0.131. The van der Waals surface area contributed by atoms with Gasteiger partial charge in [-0.2, -0.15) is 0 Å². The van der Waals surface area contributed by atoms with Crippen LogP contribution >= 0.6 is 0 Å². The highest BCUT2D eigenvalue weighted by Gasteiger charge is 2.23. The zero-order chi connectivity index (χ0) is 19.2. The molecule has 1 amide bonds. The molecule has 1 saturated heterocycles. The van der Waals surface area contributed by atoms with E-state index in [1.165, 1.54) is 16.7 Å². The summed E-state index contributed by atoms with van der Waals surface area (Å²) in [4.78, 5) is 14.6.